The van der Waals surface area contributed by atoms with Crippen LogP contribution in [0.25, 0.3) is 6.08 Å². The molecule has 1 N–H and O–H groups in total. The van der Waals surface area contributed by atoms with Gasteiger partial charge in [0.15, 0.2) is 0 Å². The molecule has 0 atom stereocenters. The number of urea groups is 1. The summed E-state index contributed by atoms with van der Waals surface area (Å²) in [6.07, 6.45) is 4.81. The minimum absolute atomic E-state index is 0.0427. The molecule has 32 heavy (non-hydrogen) atoms. The topological polar surface area (TPSA) is 79.0 Å². The van der Waals surface area contributed by atoms with E-state index in [0.717, 1.165) is 48.4 Å². The number of carbonyl (C=O) groups is 3. The van der Waals surface area contributed by atoms with Crippen LogP contribution in [0.5, 0.6) is 5.75 Å². The van der Waals surface area contributed by atoms with E-state index in [9.17, 15) is 14.4 Å². The molecular weight excluding hydrogens is 406 g/mol. The molecule has 0 unspecified atom stereocenters. The van der Waals surface area contributed by atoms with Crippen molar-refractivity contribution >= 4 is 29.6 Å². The number of imide groups is 2. The molecule has 2 aromatic carbocycles. The molecule has 7 nitrogen and oxygen atoms in total. The number of nitrogens with one attached hydrogen (secondary N) is 1. The SMILES string of the molecule is CCCCN1CCc2cc(C=C3C(=O)NC(=O)N(Cc4ccc(OC)cc4)C3=O)ccc21. The molecular formula is C25H27N3O4. The van der Waals surface area contributed by atoms with Crippen LogP contribution < -0.4 is 15.0 Å². The van der Waals surface area contributed by atoms with Crippen LogP contribution in [0, 0.1) is 0 Å². The quantitative estimate of drug-likeness (QED) is 0.534. The highest BCUT2D eigenvalue weighted by molar-refractivity contribution is 6.30. The van der Waals surface area contributed by atoms with Crippen molar-refractivity contribution < 1.29 is 19.1 Å². The van der Waals surface area contributed by atoms with E-state index in [4.69, 9.17) is 4.74 Å². The maximum absolute atomic E-state index is 13.0. The number of unbranched alkanes of at least 4 members (excludes halogenated alkanes) is 1. The lowest BCUT2D eigenvalue weighted by Gasteiger charge is -2.26. The Morgan fingerprint density at radius 3 is 2.59 bits per heavy atom. The van der Waals surface area contributed by atoms with Crippen molar-refractivity contribution in [1.29, 1.82) is 0 Å². The largest absolute Gasteiger partial charge is 0.497 e. The van der Waals surface area contributed by atoms with Crippen molar-refractivity contribution in [3.05, 3.63) is 64.7 Å². The van der Waals surface area contributed by atoms with Crippen LogP contribution in [0.4, 0.5) is 10.5 Å². The molecule has 1 saturated heterocycles. The Balaban J connectivity index is 1.55. The first-order valence-corrected chi connectivity index (χ1v) is 10.9. The van der Waals surface area contributed by atoms with Gasteiger partial charge in [0.2, 0.25) is 0 Å². The number of ether oxygens (including phenoxy) is 1. The summed E-state index contributed by atoms with van der Waals surface area (Å²) in [5.41, 5.74) is 3.92. The van der Waals surface area contributed by atoms with E-state index in [1.165, 1.54) is 11.3 Å². The van der Waals surface area contributed by atoms with Crippen LogP contribution in [0.2, 0.25) is 0 Å². The molecule has 0 saturated carbocycles. The Bertz CT molecular complexity index is 1080. The second kappa shape index (κ2) is 9.26. The van der Waals surface area contributed by atoms with Crippen LogP contribution in [0.3, 0.4) is 0 Å². The predicted octanol–water partition coefficient (Wildman–Crippen LogP) is 3.52. The number of hydrogen-bond acceptors (Lipinski definition) is 5. The first-order valence-electron chi connectivity index (χ1n) is 10.9. The second-order valence-corrected chi connectivity index (χ2v) is 8.04. The lowest BCUT2D eigenvalue weighted by atomic mass is 10.0. The highest BCUT2D eigenvalue weighted by Crippen LogP contribution is 2.30. The molecule has 2 aliphatic heterocycles. The van der Waals surface area contributed by atoms with Crippen LogP contribution >= 0.6 is 0 Å². The van der Waals surface area contributed by atoms with Gasteiger partial charge >= 0.3 is 6.03 Å². The van der Waals surface area contributed by atoms with Gasteiger partial charge < -0.3 is 9.64 Å². The standard InChI is InChI=1S/C25H27N3O4/c1-3-4-12-27-13-11-19-14-18(7-10-22(19)27)15-21-23(29)26-25(31)28(24(21)30)16-17-5-8-20(32-2)9-6-17/h5-10,14-15H,3-4,11-13,16H2,1-2H3,(H,26,29,31). The minimum Gasteiger partial charge on any atom is -0.497 e. The van der Waals surface area contributed by atoms with Gasteiger partial charge in [0.05, 0.1) is 13.7 Å². The van der Waals surface area contributed by atoms with Gasteiger partial charge in [-0.25, -0.2) is 4.79 Å². The summed E-state index contributed by atoms with van der Waals surface area (Å²) in [5, 5.41) is 2.28. The first kappa shape index (κ1) is 21.6. The summed E-state index contributed by atoms with van der Waals surface area (Å²) in [4.78, 5) is 41.2. The van der Waals surface area contributed by atoms with E-state index >= 15 is 0 Å². The Kier molecular flexibility index (Phi) is 6.25. The van der Waals surface area contributed by atoms with E-state index in [2.05, 4.69) is 23.2 Å². The molecule has 2 heterocycles. The summed E-state index contributed by atoms with van der Waals surface area (Å²) >= 11 is 0. The molecule has 0 aromatic heterocycles. The molecule has 2 aromatic rings. The molecule has 1 fully saturated rings. The third-order valence-electron chi connectivity index (χ3n) is 5.87. The fourth-order valence-corrected chi connectivity index (χ4v) is 4.08. The lowest BCUT2D eigenvalue weighted by Crippen LogP contribution is -2.53. The molecule has 0 spiro atoms. The van der Waals surface area contributed by atoms with Crippen molar-refractivity contribution in [3.8, 4) is 5.75 Å². The summed E-state index contributed by atoms with van der Waals surface area (Å²) < 4.78 is 5.14. The second-order valence-electron chi connectivity index (χ2n) is 8.04. The first-order chi connectivity index (χ1) is 15.5. The summed E-state index contributed by atoms with van der Waals surface area (Å²) in [7, 11) is 1.57. The number of fused-ring (bicyclic) bond motifs is 1. The van der Waals surface area contributed by atoms with Gasteiger partial charge in [0.25, 0.3) is 11.8 Å². The third-order valence-corrected chi connectivity index (χ3v) is 5.87. The molecule has 166 valence electrons. The minimum atomic E-state index is -0.714. The zero-order valence-corrected chi connectivity index (χ0v) is 18.4. The van der Waals surface area contributed by atoms with Crippen LogP contribution in [0.1, 0.15) is 36.5 Å². The highest BCUT2D eigenvalue weighted by Gasteiger charge is 2.35. The Morgan fingerprint density at radius 1 is 1.09 bits per heavy atom. The average molecular weight is 434 g/mol. The van der Waals surface area contributed by atoms with Crippen LogP contribution in [-0.4, -0.2) is 42.9 Å². The van der Waals surface area contributed by atoms with Gasteiger partial charge in [0.1, 0.15) is 11.3 Å². The monoisotopic (exact) mass is 433 g/mol. The zero-order valence-electron chi connectivity index (χ0n) is 18.4. The van der Waals surface area contributed by atoms with Gasteiger partial charge in [-0.3, -0.25) is 19.8 Å². The number of carbonyl (C=O) groups excluding carboxylic acids is 3. The smallest absolute Gasteiger partial charge is 0.331 e. The lowest BCUT2D eigenvalue weighted by molar-refractivity contribution is -0.130. The summed E-state index contributed by atoms with van der Waals surface area (Å²) in [5.74, 6) is -0.584. The Labute approximate surface area is 187 Å². The third kappa shape index (κ3) is 4.37. The fraction of sp³-hybridized carbons (Fsp3) is 0.320. The summed E-state index contributed by atoms with van der Waals surface area (Å²) in [6, 6.07) is 12.4. The van der Waals surface area contributed by atoms with Crippen molar-refractivity contribution in [1.82, 2.24) is 10.2 Å². The van der Waals surface area contributed by atoms with Gasteiger partial charge in [-0.05, 0) is 59.9 Å². The molecule has 0 bridgehead atoms. The maximum atomic E-state index is 13.0. The van der Waals surface area contributed by atoms with E-state index in [1.807, 2.05) is 12.1 Å². The normalized spacial score (nSPS) is 17.1. The summed E-state index contributed by atoms with van der Waals surface area (Å²) in [6.45, 7) is 4.27. The van der Waals surface area contributed by atoms with Crippen LogP contribution in [-0.2, 0) is 22.6 Å². The number of barbiturate groups is 1. The molecule has 4 rings (SSSR count). The van der Waals surface area contributed by atoms with E-state index in [1.54, 1.807) is 37.5 Å². The fourth-order valence-electron chi connectivity index (χ4n) is 4.08. The molecule has 7 heteroatoms. The van der Waals surface area contributed by atoms with Crippen molar-refractivity contribution in [2.75, 3.05) is 25.1 Å². The number of nitrogens with zero attached hydrogens (tertiary/aromatic N) is 2. The number of methoxy groups -OCH3 is 1. The van der Waals surface area contributed by atoms with Gasteiger partial charge in [-0.15, -0.1) is 0 Å². The molecule has 2 aliphatic rings. The Hall–Kier alpha value is -3.61. The number of benzene rings is 2. The van der Waals surface area contributed by atoms with Gasteiger partial charge in [-0.1, -0.05) is 31.5 Å². The number of rotatable bonds is 7. The average Bonchev–Trinajstić information content (AvgIpc) is 3.20. The van der Waals surface area contributed by atoms with Crippen molar-refractivity contribution in [2.45, 2.75) is 32.7 Å². The highest BCUT2D eigenvalue weighted by atomic mass is 16.5. The van der Waals surface area contributed by atoms with E-state index in [-0.39, 0.29) is 12.1 Å². The van der Waals surface area contributed by atoms with Gasteiger partial charge in [0, 0.05) is 18.8 Å². The van der Waals surface area contributed by atoms with Crippen molar-refractivity contribution in [2.24, 2.45) is 0 Å². The zero-order chi connectivity index (χ0) is 22.7. The van der Waals surface area contributed by atoms with E-state index in [0.29, 0.717) is 5.75 Å². The predicted molar refractivity (Wildman–Crippen MR) is 122 cm³/mol. The molecule has 0 radical (unpaired) electrons. The van der Waals surface area contributed by atoms with Crippen LogP contribution in [0.15, 0.2) is 48.0 Å². The Morgan fingerprint density at radius 2 is 1.88 bits per heavy atom. The molecule has 4 amide bonds. The van der Waals surface area contributed by atoms with Crippen molar-refractivity contribution in [3.63, 3.8) is 0 Å². The number of anilines is 1. The number of amides is 4. The maximum Gasteiger partial charge on any atom is 0.331 e. The van der Waals surface area contributed by atoms with E-state index < -0.39 is 17.8 Å². The molecule has 0 aliphatic carbocycles. The number of hydrogen-bond donors (Lipinski definition) is 1. The van der Waals surface area contributed by atoms with Gasteiger partial charge in [-0.2, -0.15) is 0 Å².